The number of aliphatic hydroxyl groups excluding tert-OH is 1. The van der Waals surface area contributed by atoms with Crippen LogP contribution in [0.25, 0.3) is 0 Å². The fourth-order valence-corrected chi connectivity index (χ4v) is 1.12. The van der Waals surface area contributed by atoms with Crippen LogP contribution in [0.15, 0.2) is 24.3 Å². The summed E-state index contributed by atoms with van der Waals surface area (Å²) in [6.45, 7) is 6.11. The minimum absolute atomic E-state index is 0.232. The molecule has 0 aromatic heterocycles. The maximum atomic E-state index is 12.9. The van der Waals surface area contributed by atoms with Crippen molar-refractivity contribution in [2.24, 2.45) is 0 Å². The van der Waals surface area contributed by atoms with Gasteiger partial charge in [0.2, 0.25) is 0 Å². The van der Waals surface area contributed by atoms with Crippen molar-refractivity contribution >= 4 is 0 Å². The topological polar surface area (TPSA) is 32.3 Å². The summed E-state index contributed by atoms with van der Waals surface area (Å²) in [7, 11) is 0. The first-order valence-electron chi connectivity index (χ1n) is 5.09. The lowest BCUT2D eigenvalue weighted by atomic mass is 9.98. The molecule has 3 heteroatoms. The molecule has 0 spiro atoms. The number of nitrogens with one attached hydrogen (secondary N) is 1. The Morgan fingerprint density at radius 1 is 1.47 bits per heavy atom. The van der Waals surface area contributed by atoms with Crippen molar-refractivity contribution in [3.8, 4) is 0 Å². The zero-order valence-electron chi connectivity index (χ0n) is 9.42. The van der Waals surface area contributed by atoms with Crippen LogP contribution < -0.4 is 5.32 Å². The van der Waals surface area contributed by atoms with Gasteiger partial charge < -0.3 is 10.4 Å². The van der Waals surface area contributed by atoms with Gasteiger partial charge in [0, 0.05) is 12.1 Å². The Hall–Kier alpha value is -0.930. The minimum atomic E-state index is -0.453. The molecule has 0 aliphatic heterocycles. The lowest BCUT2D eigenvalue weighted by molar-refractivity contribution is 0.0956. The number of benzene rings is 1. The van der Waals surface area contributed by atoms with E-state index in [2.05, 4.69) is 5.32 Å². The van der Waals surface area contributed by atoms with Crippen molar-refractivity contribution in [3.63, 3.8) is 0 Å². The van der Waals surface area contributed by atoms with Crippen LogP contribution in [0.4, 0.5) is 4.39 Å². The molecule has 0 saturated carbocycles. The highest BCUT2D eigenvalue weighted by Crippen LogP contribution is 2.10. The maximum Gasteiger partial charge on any atom is 0.123 e. The molecule has 0 aliphatic carbocycles. The van der Waals surface area contributed by atoms with Gasteiger partial charge in [-0.3, -0.25) is 0 Å². The third-order valence-corrected chi connectivity index (χ3v) is 2.68. The van der Waals surface area contributed by atoms with Crippen LogP contribution in [0.5, 0.6) is 0 Å². The summed E-state index contributed by atoms with van der Waals surface area (Å²) in [6, 6.07) is 6.45. The van der Waals surface area contributed by atoms with E-state index in [9.17, 15) is 9.50 Å². The Kier molecular flexibility index (Phi) is 3.83. The monoisotopic (exact) mass is 211 g/mol. The second-order valence-corrected chi connectivity index (χ2v) is 4.38. The Bertz CT molecular complexity index is 323. The summed E-state index contributed by atoms with van der Waals surface area (Å²) in [5.41, 5.74) is 0.510. The molecule has 2 N–H and O–H groups in total. The zero-order valence-corrected chi connectivity index (χ0v) is 9.42. The highest BCUT2D eigenvalue weighted by molar-refractivity contribution is 5.16. The van der Waals surface area contributed by atoms with Crippen molar-refractivity contribution in [1.29, 1.82) is 0 Å². The maximum absolute atomic E-state index is 12.9. The SMILES string of the molecule is CC(O)C(C)(C)NCc1cccc(F)c1. The van der Waals surface area contributed by atoms with Crippen LogP contribution in [0.3, 0.4) is 0 Å². The molecule has 1 unspecified atom stereocenters. The Labute approximate surface area is 90.1 Å². The fraction of sp³-hybridized carbons (Fsp3) is 0.500. The summed E-state index contributed by atoms with van der Waals surface area (Å²) in [6.07, 6.45) is -0.453. The minimum Gasteiger partial charge on any atom is -0.392 e. The lowest BCUT2D eigenvalue weighted by Crippen LogP contribution is -2.47. The molecule has 1 atom stereocenters. The van der Waals surface area contributed by atoms with Crippen LogP contribution in [0.2, 0.25) is 0 Å². The molecule has 0 saturated heterocycles. The summed E-state index contributed by atoms with van der Waals surface area (Å²) in [4.78, 5) is 0. The molecular formula is C12H18FNO. The number of rotatable bonds is 4. The third-order valence-electron chi connectivity index (χ3n) is 2.68. The molecular weight excluding hydrogens is 193 g/mol. The predicted octanol–water partition coefficient (Wildman–Crippen LogP) is 2.07. The van der Waals surface area contributed by atoms with Gasteiger partial charge >= 0.3 is 0 Å². The van der Waals surface area contributed by atoms with Gasteiger partial charge in [0.05, 0.1) is 6.10 Å². The van der Waals surface area contributed by atoms with E-state index in [4.69, 9.17) is 0 Å². The normalized spacial score (nSPS) is 13.9. The molecule has 0 aliphatic rings. The quantitative estimate of drug-likeness (QED) is 0.799. The average molecular weight is 211 g/mol. The largest absolute Gasteiger partial charge is 0.392 e. The van der Waals surface area contributed by atoms with E-state index < -0.39 is 6.10 Å². The van der Waals surface area contributed by atoms with E-state index in [-0.39, 0.29) is 11.4 Å². The van der Waals surface area contributed by atoms with Gasteiger partial charge in [0.1, 0.15) is 5.82 Å². The Balaban J connectivity index is 2.57. The summed E-state index contributed by atoms with van der Waals surface area (Å²) < 4.78 is 12.9. The molecule has 1 rings (SSSR count). The summed E-state index contributed by atoms with van der Waals surface area (Å²) in [5, 5.41) is 12.7. The van der Waals surface area contributed by atoms with Crippen molar-refractivity contribution < 1.29 is 9.50 Å². The van der Waals surface area contributed by atoms with Gasteiger partial charge in [0.15, 0.2) is 0 Å². The second-order valence-electron chi connectivity index (χ2n) is 4.38. The standard InChI is InChI=1S/C12H18FNO/c1-9(15)12(2,3)14-8-10-5-4-6-11(13)7-10/h4-7,9,14-15H,8H2,1-3H3. The van der Waals surface area contributed by atoms with Gasteiger partial charge in [-0.25, -0.2) is 4.39 Å². The first-order chi connectivity index (χ1) is 6.92. The van der Waals surface area contributed by atoms with Gasteiger partial charge in [-0.1, -0.05) is 12.1 Å². The molecule has 2 nitrogen and oxygen atoms in total. The molecule has 0 radical (unpaired) electrons. The smallest absolute Gasteiger partial charge is 0.123 e. The van der Waals surface area contributed by atoms with E-state index >= 15 is 0 Å². The number of aliphatic hydroxyl groups is 1. The first kappa shape index (κ1) is 12.1. The summed E-state index contributed by atoms with van der Waals surface area (Å²) >= 11 is 0. The van der Waals surface area contributed by atoms with Crippen LogP contribution in [-0.2, 0) is 6.54 Å². The number of halogens is 1. The molecule has 0 fully saturated rings. The lowest BCUT2D eigenvalue weighted by Gasteiger charge is -2.29. The Morgan fingerprint density at radius 3 is 2.67 bits per heavy atom. The van der Waals surface area contributed by atoms with E-state index in [1.807, 2.05) is 19.9 Å². The van der Waals surface area contributed by atoms with Crippen LogP contribution >= 0.6 is 0 Å². The van der Waals surface area contributed by atoms with Crippen molar-refractivity contribution in [2.45, 2.75) is 39.0 Å². The van der Waals surface area contributed by atoms with Crippen molar-refractivity contribution in [2.75, 3.05) is 0 Å². The van der Waals surface area contributed by atoms with E-state index in [1.54, 1.807) is 13.0 Å². The first-order valence-corrected chi connectivity index (χ1v) is 5.09. The Morgan fingerprint density at radius 2 is 2.13 bits per heavy atom. The van der Waals surface area contributed by atoms with Crippen LogP contribution in [-0.4, -0.2) is 16.7 Å². The molecule has 15 heavy (non-hydrogen) atoms. The van der Waals surface area contributed by atoms with Gasteiger partial charge in [-0.05, 0) is 38.5 Å². The predicted molar refractivity (Wildman–Crippen MR) is 59.0 cm³/mol. The molecule has 1 aromatic rings. The molecule has 1 aromatic carbocycles. The molecule has 0 heterocycles. The average Bonchev–Trinajstić information content (AvgIpc) is 2.15. The highest BCUT2D eigenvalue weighted by Gasteiger charge is 2.22. The number of hydrogen-bond donors (Lipinski definition) is 2. The number of hydrogen-bond acceptors (Lipinski definition) is 2. The van der Waals surface area contributed by atoms with E-state index in [0.29, 0.717) is 6.54 Å². The van der Waals surface area contributed by atoms with Crippen LogP contribution in [0, 0.1) is 5.82 Å². The van der Waals surface area contributed by atoms with Gasteiger partial charge in [-0.15, -0.1) is 0 Å². The van der Waals surface area contributed by atoms with Crippen molar-refractivity contribution in [3.05, 3.63) is 35.6 Å². The molecule has 84 valence electrons. The highest BCUT2D eigenvalue weighted by atomic mass is 19.1. The van der Waals surface area contributed by atoms with E-state index in [0.717, 1.165) is 5.56 Å². The van der Waals surface area contributed by atoms with E-state index in [1.165, 1.54) is 12.1 Å². The van der Waals surface area contributed by atoms with Gasteiger partial charge in [0.25, 0.3) is 0 Å². The molecule has 0 amide bonds. The summed E-state index contributed by atoms with van der Waals surface area (Å²) in [5.74, 6) is -0.232. The van der Waals surface area contributed by atoms with Crippen molar-refractivity contribution in [1.82, 2.24) is 5.32 Å². The second kappa shape index (κ2) is 4.73. The fourth-order valence-electron chi connectivity index (χ4n) is 1.12. The van der Waals surface area contributed by atoms with Gasteiger partial charge in [-0.2, -0.15) is 0 Å². The third kappa shape index (κ3) is 3.61. The van der Waals surface area contributed by atoms with Crippen LogP contribution in [0.1, 0.15) is 26.3 Å². The molecule has 0 bridgehead atoms. The zero-order chi connectivity index (χ0) is 11.5.